The Hall–Kier alpha value is -2.40. The van der Waals surface area contributed by atoms with Crippen LogP contribution in [0.5, 0.6) is 0 Å². The molecule has 0 radical (unpaired) electrons. The molecule has 0 bridgehead atoms. The SMILES string of the molecule is O=C(NCCCn1cccn1)c1cc2c(s1)-c1ccccc1CC2. The van der Waals surface area contributed by atoms with E-state index in [2.05, 4.69) is 40.7 Å². The van der Waals surface area contributed by atoms with E-state index in [1.54, 1.807) is 17.5 Å². The fourth-order valence-corrected chi connectivity index (χ4v) is 4.33. The minimum absolute atomic E-state index is 0.0346. The van der Waals surface area contributed by atoms with Crippen LogP contribution in [0.2, 0.25) is 0 Å². The molecule has 0 unspecified atom stereocenters. The first-order valence-corrected chi connectivity index (χ1v) is 9.09. The van der Waals surface area contributed by atoms with E-state index in [0.717, 1.165) is 30.7 Å². The predicted molar refractivity (Wildman–Crippen MR) is 96.3 cm³/mol. The average Bonchev–Trinajstić information content (AvgIpc) is 3.28. The number of benzene rings is 1. The number of nitrogens with zero attached hydrogens (tertiary/aromatic N) is 2. The van der Waals surface area contributed by atoms with Gasteiger partial charge in [0.2, 0.25) is 0 Å². The number of amides is 1. The standard InChI is InChI=1S/C19H19N3OS/c23-19(20-9-3-11-22-12-4-10-21-22)17-13-15-8-7-14-5-1-2-6-16(14)18(15)24-17/h1-2,4-6,10,12-13H,3,7-9,11H2,(H,20,23). The zero-order valence-electron chi connectivity index (χ0n) is 13.4. The molecule has 2 aromatic heterocycles. The first-order chi connectivity index (χ1) is 11.8. The van der Waals surface area contributed by atoms with Crippen molar-refractivity contribution in [2.75, 3.05) is 6.54 Å². The summed E-state index contributed by atoms with van der Waals surface area (Å²) in [6, 6.07) is 12.5. The summed E-state index contributed by atoms with van der Waals surface area (Å²) in [5.74, 6) is 0.0346. The zero-order chi connectivity index (χ0) is 16.4. The third-order valence-electron chi connectivity index (χ3n) is 4.37. The Kier molecular flexibility index (Phi) is 4.17. The molecule has 1 aliphatic carbocycles. The number of fused-ring (bicyclic) bond motifs is 3. The van der Waals surface area contributed by atoms with Crippen LogP contribution in [0.4, 0.5) is 0 Å². The average molecular weight is 337 g/mol. The molecule has 1 aliphatic rings. The molecule has 0 spiro atoms. The number of thiophene rings is 1. The van der Waals surface area contributed by atoms with Gasteiger partial charge in [-0.25, -0.2) is 0 Å². The summed E-state index contributed by atoms with van der Waals surface area (Å²) in [5, 5.41) is 7.19. The van der Waals surface area contributed by atoms with Crippen LogP contribution in [0.25, 0.3) is 10.4 Å². The Morgan fingerprint density at radius 1 is 1.21 bits per heavy atom. The van der Waals surface area contributed by atoms with Crippen molar-refractivity contribution < 1.29 is 4.79 Å². The predicted octanol–water partition coefficient (Wildman–Crippen LogP) is 3.53. The number of nitrogens with one attached hydrogen (secondary N) is 1. The van der Waals surface area contributed by atoms with Gasteiger partial charge in [0.1, 0.15) is 0 Å². The van der Waals surface area contributed by atoms with Gasteiger partial charge in [0.05, 0.1) is 4.88 Å². The van der Waals surface area contributed by atoms with Crippen molar-refractivity contribution in [3.05, 3.63) is 64.8 Å². The van der Waals surface area contributed by atoms with Gasteiger partial charge in [0.15, 0.2) is 0 Å². The van der Waals surface area contributed by atoms with E-state index >= 15 is 0 Å². The van der Waals surface area contributed by atoms with E-state index in [4.69, 9.17) is 0 Å². The van der Waals surface area contributed by atoms with Gasteiger partial charge < -0.3 is 5.32 Å². The van der Waals surface area contributed by atoms with Gasteiger partial charge in [0.25, 0.3) is 5.91 Å². The summed E-state index contributed by atoms with van der Waals surface area (Å²) >= 11 is 1.61. The third-order valence-corrected chi connectivity index (χ3v) is 5.58. The topological polar surface area (TPSA) is 46.9 Å². The van der Waals surface area contributed by atoms with Crippen molar-refractivity contribution in [2.24, 2.45) is 0 Å². The molecule has 0 atom stereocenters. The summed E-state index contributed by atoms with van der Waals surface area (Å²) in [7, 11) is 0. The molecule has 0 aliphatic heterocycles. The molecule has 5 heteroatoms. The highest BCUT2D eigenvalue weighted by molar-refractivity contribution is 7.17. The van der Waals surface area contributed by atoms with Crippen molar-refractivity contribution in [3.8, 4) is 10.4 Å². The molecule has 0 saturated heterocycles. The number of rotatable bonds is 5. The molecule has 122 valence electrons. The fraction of sp³-hybridized carbons (Fsp3) is 0.263. The summed E-state index contributed by atoms with van der Waals surface area (Å²) in [6.07, 6.45) is 6.67. The molecular formula is C19H19N3OS. The molecule has 4 nitrogen and oxygen atoms in total. The number of hydrogen-bond donors (Lipinski definition) is 1. The maximum atomic E-state index is 12.4. The smallest absolute Gasteiger partial charge is 0.261 e. The van der Waals surface area contributed by atoms with Gasteiger partial charge in [-0.3, -0.25) is 9.48 Å². The quantitative estimate of drug-likeness (QED) is 0.724. The number of hydrogen-bond acceptors (Lipinski definition) is 3. The fourth-order valence-electron chi connectivity index (χ4n) is 3.15. The molecule has 24 heavy (non-hydrogen) atoms. The van der Waals surface area contributed by atoms with Crippen LogP contribution in [0.3, 0.4) is 0 Å². The lowest BCUT2D eigenvalue weighted by atomic mass is 9.91. The summed E-state index contributed by atoms with van der Waals surface area (Å²) in [6.45, 7) is 1.49. The second-order valence-corrected chi connectivity index (χ2v) is 7.05. The van der Waals surface area contributed by atoms with E-state index in [-0.39, 0.29) is 5.91 Å². The maximum absolute atomic E-state index is 12.4. The van der Waals surface area contributed by atoms with Crippen LogP contribution in [0, 0.1) is 0 Å². The first-order valence-electron chi connectivity index (χ1n) is 8.28. The molecule has 3 aromatic rings. The zero-order valence-corrected chi connectivity index (χ0v) is 14.2. The van der Waals surface area contributed by atoms with Crippen LogP contribution < -0.4 is 5.32 Å². The Morgan fingerprint density at radius 2 is 2.08 bits per heavy atom. The van der Waals surface area contributed by atoms with Crippen LogP contribution in [-0.2, 0) is 19.4 Å². The van der Waals surface area contributed by atoms with Crippen LogP contribution >= 0.6 is 11.3 Å². The number of aryl methyl sites for hydroxylation is 3. The molecular weight excluding hydrogens is 318 g/mol. The van der Waals surface area contributed by atoms with Crippen LogP contribution in [-0.4, -0.2) is 22.2 Å². The Labute approximate surface area is 145 Å². The van der Waals surface area contributed by atoms with Crippen molar-refractivity contribution in [1.29, 1.82) is 0 Å². The minimum atomic E-state index is 0.0346. The molecule has 2 heterocycles. The van der Waals surface area contributed by atoms with Crippen molar-refractivity contribution >= 4 is 17.2 Å². The first kappa shape index (κ1) is 15.1. The van der Waals surface area contributed by atoms with Gasteiger partial charge in [-0.15, -0.1) is 11.3 Å². The summed E-state index contributed by atoms with van der Waals surface area (Å²) in [4.78, 5) is 14.5. The minimum Gasteiger partial charge on any atom is -0.351 e. The highest BCUT2D eigenvalue weighted by atomic mass is 32.1. The monoisotopic (exact) mass is 337 g/mol. The van der Waals surface area contributed by atoms with Crippen molar-refractivity contribution in [2.45, 2.75) is 25.8 Å². The Balaban J connectivity index is 1.40. The Morgan fingerprint density at radius 3 is 2.96 bits per heavy atom. The third kappa shape index (κ3) is 2.99. The van der Waals surface area contributed by atoms with E-state index < -0.39 is 0 Å². The Bertz CT molecular complexity index is 851. The number of aromatic nitrogens is 2. The molecule has 1 aromatic carbocycles. The van der Waals surface area contributed by atoms with E-state index in [1.807, 2.05) is 16.9 Å². The van der Waals surface area contributed by atoms with E-state index in [9.17, 15) is 4.79 Å². The lowest BCUT2D eigenvalue weighted by molar-refractivity contribution is 0.0956. The lowest BCUT2D eigenvalue weighted by Crippen LogP contribution is -2.24. The van der Waals surface area contributed by atoms with Crippen LogP contribution in [0.1, 0.15) is 27.2 Å². The normalized spacial score (nSPS) is 12.5. The van der Waals surface area contributed by atoms with Gasteiger partial charge in [-0.1, -0.05) is 24.3 Å². The van der Waals surface area contributed by atoms with E-state index in [1.165, 1.54) is 21.6 Å². The molecule has 0 saturated carbocycles. The second-order valence-electron chi connectivity index (χ2n) is 6.00. The summed E-state index contributed by atoms with van der Waals surface area (Å²) in [5.41, 5.74) is 3.99. The highest BCUT2D eigenvalue weighted by Crippen LogP contribution is 2.39. The van der Waals surface area contributed by atoms with Crippen LogP contribution in [0.15, 0.2) is 48.8 Å². The van der Waals surface area contributed by atoms with Gasteiger partial charge in [0, 0.05) is 30.4 Å². The maximum Gasteiger partial charge on any atom is 0.261 e. The lowest BCUT2D eigenvalue weighted by Gasteiger charge is -2.15. The molecule has 1 amide bonds. The van der Waals surface area contributed by atoms with Gasteiger partial charge >= 0.3 is 0 Å². The van der Waals surface area contributed by atoms with Gasteiger partial charge in [-0.2, -0.15) is 5.10 Å². The number of carbonyl (C=O) groups is 1. The largest absolute Gasteiger partial charge is 0.351 e. The van der Waals surface area contributed by atoms with Crippen molar-refractivity contribution in [3.63, 3.8) is 0 Å². The summed E-state index contributed by atoms with van der Waals surface area (Å²) < 4.78 is 1.88. The highest BCUT2D eigenvalue weighted by Gasteiger charge is 2.21. The number of carbonyl (C=O) groups excluding carboxylic acids is 1. The van der Waals surface area contributed by atoms with Gasteiger partial charge in [-0.05, 0) is 48.1 Å². The second kappa shape index (κ2) is 6.61. The molecule has 0 fully saturated rings. The molecule has 1 N–H and O–H groups in total. The van der Waals surface area contributed by atoms with E-state index in [0.29, 0.717) is 6.54 Å². The molecule has 4 rings (SSSR count). The van der Waals surface area contributed by atoms with Crippen molar-refractivity contribution in [1.82, 2.24) is 15.1 Å².